The quantitative estimate of drug-likeness (QED) is 0.462. The second-order valence-corrected chi connectivity index (χ2v) is 6.47. The van der Waals surface area contributed by atoms with E-state index in [1.165, 1.54) is 11.1 Å². The first-order valence-corrected chi connectivity index (χ1v) is 8.00. The number of benzene rings is 1. The second-order valence-electron chi connectivity index (χ2n) is 6.47. The van der Waals surface area contributed by atoms with Crippen molar-refractivity contribution in [3.8, 4) is 0 Å². The molecule has 0 unspecified atom stereocenters. The van der Waals surface area contributed by atoms with Gasteiger partial charge in [0.25, 0.3) is 0 Å². The third-order valence-corrected chi connectivity index (χ3v) is 3.57. The van der Waals surface area contributed by atoms with Crippen molar-refractivity contribution in [2.24, 2.45) is 4.99 Å². The van der Waals surface area contributed by atoms with Gasteiger partial charge in [-0.1, -0.05) is 45.0 Å². The van der Waals surface area contributed by atoms with Gasteiger partial charge in [-0.25, -0.2) is 0 Å². The molecule has 1 rings (SSSR count). The predicted molar refractivity (Wildman–Crippen MR) is 94.7 cm³/mol. The predicted octanol–water partition coefficient (Wildman–Crippen LogP) is 2.73. The molecule has 0 aliphatic heterocycles. The van der Waals surface area contributed by atoms with E-state index in [2.05, 4.69) is 60.7 Å². The first-order valence-electron chi connectivity index (χ1n) is 8.00. The average molecular weight is 305 g/mol. The van der Waals surface area contributed by atoms with Crippen molar-refractivity contribution < 1.29 is 4.74 Å². The van der Waals surface area contributed by atoms with Gasteiger partial charge < -0.3 is 15.4 Å². The van der Waals surface area contributed by atoms with Crippen LogP contribution in [-0.4, -0.2) is 39.8 Å². The second kappa shape index (κ2) is 9.46. The fraction of sp³-hybridized carbons (Fsp3) is 0.611. The van der Waals surface area contributed by atoms with Crippen LogP contribution in [0, 0.1) is 0 Å². The van der Waals surface area contributed by atoms with Gasteiger partial charge in [0.05, 0.1) is 0 Å². The standard InChI is InChI=1S/C18H31N3O/c1-18(2,3)16-9-7-15(8-10-16)11-13-21-17(19-4)20-12-6-14-22-5/h7-10H,6,11-14H2,1-5H3,(H2,19,20,21). The minimum atomic E-state index is 0.213. The van der Waals surface area contributed by atoms with E-state index >= 15 is 0 Å². The first-order chi connectivity index (χ1) is 10.5. The van der Waals surface area contributed by atoms with E-state index in [1.807, 2.05) is 0 Å². The van der Waals surface area contributed by atoms with Crippen LogP contribution in [-0.2, 0) is 16.6 Å². The number of hydrogen-bond donors (Lipinski definition) is 2. The van der Waals surface area contributed by atoms with E-state index in [9.17, 15) is 0 Å². The van der Waals surface area contributed by atoms with Crippen LogP contribution < -0.4 is 10.6 Å². The van der Waals surface area contributed by atoms with Crippen LogP contribution in [0.25, 0.3) is 0 Å². The molecule has 0 heterocycles. The Kier molecular flexibility index (Phi) is 7.96. The molecule has 0 spiro atoms. The van der Waals surface area contributed by atoms with E-state index in [1.54, 1.807) is 14.2 Å². The zero-order chi connectivity index (χ0) is 16.4. The third kappa shape index (κ3) is 6.94. The van der Waals surface area contributed by atoms with Gasteiger partial charge in [0.15, 0.2) is 5.96 Å². The highest BCUT2D eigenvalue weighted by Gasteiger charge is 2.12. The van der Waals surface area contributed by atoms with Crippen LogP contribution in [0.1, 0.15) is 38.3 Å². The van der Waals surface area contributed by atoms with Crippen molar-refractivity contribution in [1.82, 2.24) is 10.6 Å². The Morgan fingerprint density at radius 2 is 1.73 bits per heavy atom. The molecule has 0 saturated heterocycles. The monoisotopic (exact) mass is 305 g/mol. The van der Waals surface area contributed by atoms with Crippen molar-refractivity contribution in [3.63, 3.8) is 0 Å². The molecule has 0 bridgehead atoms. The fourth-order valence-electron chi connectivity index (χ4n) is 2.14. The van der Waals surface area contributed by atoms with Crippen molar-refractivity contribution in [2.45, 2.75) is 39.0 Å². The SMILES string of the molecule is CN=C(NCCCOC)NCCc1ccc(C(C)(C)C)cc1. The molecule has 0 aliphatic rings. The van der Waals surface area contributed by atoms with Crippen molar-refractivity contribution in [2.75, 3.05) is 33.9 Å². The van der Waals surface area contributed by atoms with Gasteiger partial charge in [0.1, 0.15) is 0 Å². The van der Waals surface area contributed by atoms with Gasteiger partial charge in [-0.15, -0.1) is 0 Å². The molecule has 22 heavy (non-hydrogen) atoms. The van der Waals surface area contributed by atoms with Crippen LogP contribution in [0.5, 0.6) is 0 Å². The van der Waals surface area contributed by atoms with Gasteiger partial charge >= 0.3 is 0 Å². The first kappa shape index (κ1) is 18.5. The van der Waals surface area contributed by atoms with Gasteiger partial charge in [-0.05, 0) is 29.4 Å². The topological polar surface area (TPSA) is 45.7 Å². The summed E-state index contributed by atoms with van der Waals surface area (Å²) in [6.45, 7) is 9.23. The Morgan fingerprint density at radius 1 is 1.09 bits per heavy atom. The lowest BCUT2D eigenvalue weighted by Gasteiger charge is -2.19. The maximum absolute atomic E-state index is 5.03. The van der Waals surface area contributed by atoms with Crippen LogP contribution in [0.2, 0.25) is 0 Å². The summed E-state index contributed by atoms with van der Waals surface area (Å²) in [6, 6.07) is 8.90. The van der Waals surface area contributed by atoms with Crippen LogP contribution in [0.15, 0.2) is 29.3 Å². The van der Waals surface area contributed by atoms with Crippen molar-refractivity contribution in [3.05, 3.63) is 35.4 Å². The Labute approximate surface area is 135 Å². The van der Waals surface area contributed by atoms with E-state index in [-0.39, 0.29) is 5.41 Å². The summed E-state index contributed by atoms with van der Waals surface area (Å²) in [5.74, 6) is 0.849. The highest BCUT2D eigenvalue weighted by atomic mass is 16.5. The molecule has 4 heteroatoms. The molecule has 1 aromatic carbocycles. The minimum Gasteiger partial charge on any atom is -0.385 e. The lowest BCUT2D eigenvalue weighted by molar-refractivity contribution is 0.195. The van der Waals surface area contributed by atoms with Crippen LogP contribution in [0.3, 0.4) is 0 Å². The fourth-order valence-corrected chi connectivity index (χ4v) is 2.14. The maximum Gasteiger partial charge on any atom is 0.190 e. The maximum atomic E-state index is 5.03. The molecular weight excluding hydrogens is 274 g/mol. The molecule has 0 saturated carbocycles. The molecule has 4 nitrogen and oxygen atoms in total. The Hall–Kier alpha value is -1.55. The van der Waals surface area contributed by atoms with E-state index in [0.717, 1.165) is 38.5 Å². The summed E-state index contributed by atoms with van der Waals surface area (Å²) in [6.07, 6.45) is 1.97. The average Bonchev–Trinajstić information content (AvgIpc) is 2.49. The van der Waals surface area contributed by atoms with E-state index < -0.39 is 0 Å². The van der Waals surface area contributed by atoms with E-state index in [4.69, 9.17) is 4.74 Å². The Bertz CT molecular complexity index is 446. The molecule has 124 valence electrons. The number of aliphatic imine (C=N–C) groups is 1. The molecular formula is C18H31N3O. The van der Waals surface area contributed by atoms with Crippen molar-refractivity contribution in [1.29, 1.82) is 0 Å². The normalized spacial score (nSPS) is 12.3. The van der Waals surface area contributed by atoms with Crippen LogP contribution >= 0.6 is 0 Å². The summed E-state index contributed by atoms with van der Waals surface area (Å²) in [5, 5.41) is 6.62. The Morgan fingerprint density at radius 3 is 2.27 bits per heavy atom. The molecule has 0 atom stereocenters. The number of ether oxygens (including phenoxy) is 1. The summed E-state index contributed by atoms with van der Waals surface area (Å²) in [4.78, 5) is 4.22. The number of guanidine groups is 1. The molecule has 0 aliphatic carbocycles. The number of hydrogen-bond acceptors (Lipinski definition) is 2. The highest BCUT2D eigenvalue weighted by molar-refractivity contribution is 5.79. The summed E-state index contributed by atoms with van der Waals surface area (Å²) in [7, 11) is 3.52. The summed E-state index contributed by atoms with van der Waals surface area (Å²) < 4.78 is 5.03. The molecule has 1 aromatic rings. The zero-order valence-electron chi connectivity index (χ0n) is 14.7. The van der Waals surface area contributed by atoms with Gasteiger partial charge in [0.2, 0.25) is 0 Å². The Balaban J connectivity index is 2.33. The van der Waals surface area contributed by atoms with Gasteiger partial charge in [-0.3, -0.25) is 4.99 Å². The summed E-state index contributed by atoms with van der Waals surface area (Å²) in [5.41, 5.74) is 2.93. The van der Waals surface area contributed by atoms with Gasteiger partial charge in [-0.2, -0.15) is 0 Å². The lowest BCUT2D eigenvalue weighted by Crippen LogP contribution is -2.39. The molecule has 0 aromatic heterocycles. The molecule has 0 radical (unpaired) electrons. The van der Waals surface area contributed by atoms with E-state index in [0.29, 0.717) is 0 Å². The van der Waals surface area contributed by atoms with Crippen molar-refractivity contribution >= 4 is 5.96 Å². The third-order valence-electron chi connectivity index (χ3n) is 3.57. The van der Waals surface area contributed by atoms with Gasteiger partial charge in [0, 0.05) is 33.9 Å². The highest BCUT2D eigenvalue weighted by Crippen LogP contribution is 2.22. The number of nitrogens with one attached hydrogen (secondary N) is 2. The molecule has 0 amide bonds. The minimum absolute atomic E-state index is 0.213. The van der Waals surface area contributed by atoms with Crippen LogP contribution in [0.4, 0.5) is 0 Å². The number of methoxy groups -OCH3 is 1. The summed E-state index contributed by atoms with van der Waals surface area (Å²) >= 11 is 0. The largest absolute Gasteiger partial charge is 0.385 e. The number of rotatable bonds is 7. The molecule has 2 N–H and O–H groups in total. The molecule has 0 fully saturated rings. The lowest BCUT2D eigenvalue weighted by atomic mass is 9.86. The smallest absolute Gasteiger partial charge is 0.190 e. The zero-order valence-corrected chi connectivity index (χ0v) is 14.7. The number of nitrogens with zero attached hydrogens (tertiary/aromatic N) is 1.